The van der Waals surface area contributed by atoms with E-state index in [2.05, 4.69) is 44.8 Å². The largest absolute Gasteiger partial charge is 0.312 e. The number of nitrogens with one attached hydrogen (secondary N) is 1. The molecule has 0 aromatic rings. The van der Waals surface area contributed by atoms with Crippen molar-refractivity contribution in [1.82, 2.24) is 10.2 Å². The summed E-state index contributed by atoms with van der Waals surface area (Å²) in [5.74, 6) is 0.779. The maximum absolute atomic E-state index is 3.82. The van der Waals surface area contributed by atoms with Crippen molar-refractivity contribution < 1.29 is 0 Å². The normalized spacial score (nSPS) is 30.8. The predicted octanol–water partition coefficient (Wildman–Crippen LogP) is 4.05. The van der Waals surface area contributed by atoms with E-state index in [1.807, 2.05) is 0 Å². The number of hydrogen-bond donors (Lipinski definition) is 1. The Kier molecular flexibility index (Phi) is 5.53. The minimum absolute atomic E-state index is 0.453. The first-order valence-electron chi connectivity index (χ1n) is 8.95. The van der Waals surface area contributed by atoms with E-state index in [0.29, 0.717) is 11.5 Å². The molecule has 20 heavy (non-hydrogen) atoms. The van der Waals surface area contributed by atoms with E-state index in [0.717, 1.165) is 24.5 Å². The van der Waals surface area contributed by atoms with E-state index >= 15 is 0 Å². The molecule has 0 bridgehead atoms. The second-order valence-corrected chi connectivity index (χ2v) is 8.16. The van der Waals surface area contributed by atoms with E-state index in [-0.39, 0.29) is 0 Å². The summed E-state index contributed by atoms with van der Waals surface area (Å²) in [6, 6.07) is 2.29. The molecule has 1 N–H and O–H groups in total. The van der Waals surface area contributed by atoms with Gasteiger partial charge in [0.2, 0.25) is 0 Å². The van der Waals surface area contributed by atoms with Crippen LogP contribution in [-0.4, -0.2) is 36.1 Å². The average Bonchev–Trinajstić information content (AvgIpc) is 2.97. The number of hydrogen-bond acceptors (Lipinski definition) is 2. The van der Waals surface area contributed by atoms with Gasteiger partial charge in [-0.3, -0.25) is 4.90 Å². The molecule has 0 aromatic carbocycles. The maximum Gasteiger partial charge on any atom is 0.0274 e. The second-order valence-electron chi connectivity index (χ2n) is 8.16. The zero-order valence-electron chi connectivity index (χ0n) is 14.4. The van der Waals surface area contributed by atoms with E-state index in [9.17, 15) is 0 Å². The lowest BCUT2D eigenvalue weighted by molar-refractivity contribution is 0.0881. The molecule has 2 aliphatic rings. The first-order chi connectivity index (χ1) is 9.45. The summed E-state index contributed by atoms with van der Waals surface area (Å²) in [7, 11) is 0. The van der Waals surface area contributed by atoms with Gasteiger partial charge in [-0.2, -0.15) is 0 Å². The Balaban J connectivity index is 2.13. The highest BCUT2D eigenvalue weighted by Gasteiger charge is 2.45. The van der Waals surface area contributed by atoms with Crippen LogP contribution in [0.25, 0.3) is 0 Å². The van der Waals surface area contributed by atoms with Gasteiger partial charge < -0.3 is 5.32 Å². The van der Waals surface area contributed by atoms with Gasteiger partial charge in [0.1, 0.15) is 0 Å². The third kappa shape index (κ3) is 3.57. The molecule has 2 nitrogen and oxygen atoms in total. The van der Waals surface area contributed by atoms with Crippen molar-refractivity contribution in [3.05, 3.63) is 0 Å². The van der Waals surface area contributed by atoms with Crippen LogP contribution in [0.1, 0.15) is 73.1 Å². The van der Waals surface area contributed by atoms with Crippen molar-refractivity contribution in [3.63, 3.8) is 0 Å². The highest BCUT2D eigenvalue weighted by Crippen LogP contribution is 2.42. The third-order valence-corrected chi connectivity index (χ3v) is 5.53. The molecule has 2 atom stereocenters. The molecule has 2 saturated carbocycles. The lowest BCUT2D eigenvalue weighted by atomic mass is 9.86. The smallest absolute Gasteiger partial charge is 0.0274 e. The Morgan fingerprint density at radius 2 is 1.80 bits per heavy atom. The van der Waals surface area contributed by atoms with Crippen molar-refractivity contribution in [2.75, 3.05) is 13.1 Å². The average molecular weight is 280 g/mol. The quantitative estimate of drug-likeness (QED) is 0.789. The van der Waals surface area contributed by atoms with Crippen LogP contribution in [0.5, 0.6) is 0 Å². The summed E-state index contributed by atoms with van der Waals surface area (Å²) in [6.07, 6.45) is 8.51. The molecule has 2 heteroatoms. The summed E-state index contributed by atoms with van der Waals surface area (Å²) >= 11 is 0. The van der Waals surface area contributed by atoms with Crippen molar-refractivity contribution in [3.8, 4) is 0 Å². The van der Waals surface area contributed by atoms with Crippen LogP contribution in [0.4, 0.5) is 0 Å². The van der Waals surface area contributed by atoms with Gasteiger partial charge in [-0.05, 0) is 43.6 Å². The Morgan fingerprint density at radius 1 is 1.15 bits per heavy atom. The summed E-state index contributed by atoms with van der Waals surface area (Å²) in [6.45, 7) is 14.3. The molecule has 2 unspecified atom stereocenters. The molecule has 0 saturated heterocycles. The Labute approximate surface area is 126 Å². The summed E-state index contributed by atoms with van der Waals surface area (Å²) in [5.41, 5.74) is 0.453. The van der Waals surface area contributed by atoms with Gasteiger partial charge in [-0.1, -0.05) is 47.5 Å². The van der Waals surface area contributed by atoms with E-state index in [1.54, 1.807) is 0 Å². The molecule has 0 amide bonds. The van der Waals surface area contributed by atoms with E-state index in [4.69, 9.17) is 0 Å². The second kappa shape index (κ2) is 6.79. The Bertz CT molecular complexity index is 292. The first-order valence-corrected chi connectivity index (χ1v) is 8.95. The van der Waals surface area contributed by atoms with Gasteiger partial charge in [0, 0.05) is 24.7 Å². The zero-order chi connectivity index (χ0) is 14.8. The predicted molar refractivity (Wildman–Crippen MR) is 88.1 cm³/mol. The monoisotopic (exact) mass is 280 g/mol. The zero-order valence-corrected chi connectivity index (χ0v) is 14.4. The Morgan fingerprint density at radius 3 is 2.35 bits per heavy atom. The summed E-state index contributed by atoms with van der Waals surface area (Å²) < 4.78 is 0. The minimum Gasteiger partial charge on any atom is -0.312 e. The van der Waals surface area contributed by atoms with Gasteiger partial charge in [0.15, 0.2) is 0 Å². The number of likely N-dealkylation sites (N-methyl/N-ethyl adjacent to an activating group) is 1. The van der Waals surface area contributed by atoms with Crippen LogP contribution in [0.15, 0.2) is 0 Å². The van der Waals surface area contributed by atoms with Gasteiger partial charge in [-0.25, -0.2) is 0 Å². The van der Waals surface area contributed by atoms with E-state index in [1.165, 1.54) is 45.1 Å². The third-order valence-electron chi connectivity index (χ3n) is 5.53. The Hall–Kier alpha value is -0.0800. The molecule has 118 valence electrons. The first kappa shape index (κ1) is 16.3. The fourth-order valence-electron chi connectivity index (χ4n) is 4.57. The van der Waals surface area contributed by atoms with E-state index < -0.39 is 0 Å². The fraction of sp³-hybridized carbons (Fsp3) is 1.00. The van der Waals surface area contributed by atoms with Crippen molar-refractivity contribution >= 4 is 0 Å². The molecular formula is C18H36N2. The van der Waals surface area contributed by atoms with Gasteiger partial charge in [0.25, 0.3) is 0 Å². The molecule has 0 aromatic heterocycles. The highest BCUT2D eigenvalue weighted by atomic mass is 15.2. The lowest BCUT2D eigenvalue weighted by Crippen LogP contribution is -2.55. The molecule has 0 spiro atoms. The van der Waals surface area contributed by atoms with Gasteiger partial charge in [0.05, 0.1) is 0 Å². The van der Waals surface area contributed by atoms with Crippen LogP contribution in [0, 0.1) is 11.3 Å². The maximum atomic E-state index is 3.82. The van der Waals surface area contributed by atoms with Crippen LogP contribution in [0.3, 0.4) is 0 Å². The highest BCUT2D eigenvalue weighted by molar-refractivity contribution is 5.02. The molecule has 0 aliphatic heterocycles. The van der Waals surface area contributed by atoms with Crippen molar-refractivity contribution in [1.29, 1.82) is 0 Å². The van der Waals surface area contributed by atoms with Gasteiger partial charge >= 0.3 is 0 Å². The molecule has 2 fully saturated rings. The molecular weight excluding hydrogens is 244 g/mol. The minimum atomic E-state index is 0.453. The van der Waals surface area contributed by atoms with Crippen LogP contribution in [-0.2, 0) is 0 Å². The van der Waals surface area contributed by atoms with Crippen molar-refractivity contribution in [2.45, 2.75) is 91.3 Å². The molecule has 0 radical (unpaired) electrons. The lowest BCUT2D eigenvalue weighted by Gasteiger charge is -2.41. The molecule has 2 aliphatic carbocycles. The molecule has 0 heterocycles. The number of nitrogens with zero attached hydrogens (tertiary/aromatic N) is 1. The SMILES string of the molecule is CCNC1C(N(CC(C)C)C2CCCC2)CCC1(C)C. The molecule has 2 rings (SSSR count). The summed E-state index contributed by atoms with van der Waals surface area (Å²) in [5, 5.41) is 3.82. The fourth-order valence-corrected chi connectivity index (χ4v) is 4.57. The van der Waals surface area contributed by atoms with Crippen molar-refractivity contribution in [2.24, 2.45) is 11.3 Å². The topological polar surface area (TPSA) is 15.3 Å². The van der Waals surface area contributed by atoms with Crippen LogP contribution in [0.2, 0.25) is 0 Å². The summed E-state index contributed by atoms with van der Waals surface area (Å²) in [4.78, 5) is 2.90. The number of rotatable bonds is 6. The van der Waals surface area contributed by atoms with Crippen LogP contribution < -0.4 is 5.32 Å². The van der Waals surface area contributed by atoms with Gasteiger partial charge in [-0.15, -0.1) is 0 Å². The standard InChI is InChI=1S/C18H36N2/c1-6-19-17-16(11-12-18(17,4)5)20(13-14(2)3)15-9-7-8-10-15/h14-17,19H,6-13H2,1-5H3. The van der Waals surface area contributed by atoms with Crippen LogP contribution >= 0.6 is 0 Å².